The second-order valence-corrected chi connectivity index (χ2v) is 8.72. The first kappa shape index (κ1) is 20.9. The first-order valence-electron chi connectivity index (χ1n) is 8.44. The van der Waals surface area contributed by atoms with Crippen LogP contribution in [0.4, 0.5) is 5.69 Å². The van der Waals surface area contributed by atoms with E-state index in [1.807, 2.05) is 13.0 Å². The van der Waals surface area contributed by atoms with Gasteiger partial charge in [0.05, 0.1) is 21.2 Å². The van der Waals surface area contributed by atoms with Gasteiger partial charge in [-0.1, -0.05) is 48.0 Å². The lowest BCUT2D eigenvalue weighted by atomic mass is 10.3. The van der Waals surface area contributed by atoms with Crippen molar-refractivity contribution in [1.29, 1.82) is 0 Å². The minimum absolute atomic E-state index is 0.0986. The number of hydrogen-bond acceptors (Lipinski definition) is 5. The van der Waals surface area contributed by atoms with Gasteiger partial charge in [-0.25, -0.2) is 4.98 Å². The SMILES string of the molecule is C=CCn1c(SCC(=O)Nc2ccc(Cl)c(Cl)c2)nc2sc(CC)cc2c1=O. The Balaban J connectivity index is 1.81. The molecule has 0 aliphatic carbocycles. The summed E-state index contributed by atoms with van der Waals surface area (Å²) < 4.78 is 1.54. The molecule has 5 nitrogen and oxygen atoms in total. The summed E-state index contributed by atoms with van der Waals surface area (Å²) in [5, 5.41) is 4.64. The van der Waals surface area contributed by atoms with Crippen molar-refractivity contribution in [2.45, 2.75) is 25.0 Å². The van der Waals surface area contributed by atoms with Crippen LogP contribution in [0.25, 0.3) is 10.2 Å². The Kier molecular flexibility index (Phi) is 6.82. The van der Waals surface area contributed by atoms with E-state index in [4.69, 9.17) is 23.2 Å². The van der Waals surface area contributed by atoms with Crippen LogP contribution in [0.2, 0.25) is 10.0 Å². The number of aryl methyl sites for hydroxylation is 1. The van der Waals surface area contributed by atoms with Gasteiger partial charge in [0, 0.05) is 17.1 Å². The lowest BCUT2D eigenvalue weighted by Gasteiger charge is -2.10. The van der Waals surface area contributed by atoms with Crippen LogP contribution in [-0.4, -0.2) is 21.2 Å². The quantitative estimate of drug-likeness (QED) is 0.301. The van der Waals surface area contributed by atoms with Crippen LogP contribution in [0.5, 0.6) is 0 Å². The van der Waals surface area contributed by atoms with Crippen LogP contribution in [0.3, 0.4) is 0 Å². The van der Waals surface area contributed by atoms with Gasteiger partial charge in [0.2, 0.25) is 5.91 Å². The number of thioether (sulfide) groups is 1. The summed E-state index contributed by atoms with van der Waals surface area (Å²) in [7, 11) is 0. The summed E-state index contributed by atoms with van der Waals surface area (Å²) in [5.74, 6) is -0.134. The molecule has 1 amide bonds. The van der Waals surface area contributed by atoms with Crippen molar-refractivity contribution in [3.8, 4) is 0 Å². The van der Waals surface area contributed by atoms with E-state index in [1.165, 1.54) is 23.1 Å². The Bertz CT molecular complexity index is 1110. The Labute approximate surface area is 180 Å². The fraction of sp³-hybridized carbons (Fsp3) is 0.211. The molecule has 3 aromatic rings. The Morgan fingerprint density at radius 2 is 2.14 bits per heavy atom. The maximum atomic E-state index is 12.8. The Morgan fingerprint density at radius 3 is 2.82 bits per heavy atom. The van der Waals surface area contributed by atoms with Gasteiger partial charge in [-0.15, -0.1) is 17.9 Å². The minimum atomic E-state index is -0.233. The third-order valence-electron chi connectivity index (χ3n) is 3.86. The number of aromatic nitrogens is 2. The first-order valence-corrected chi connectivity index (χ1v) is 11.0. The normalized spacial score (nSPS) is 11.0. The van der Waals surface area contributed by atoms with Crippen LogP contribution in [-0.2, 0) is 17.8 Å². The molecule has 0 atom stereocenters. The number of fused-ring (bicyclic) bond motifs is 1. The van der Waals surface area contributed by atoms with Crippen molar-refractivity contribution >= 4 is 68.1 Å². The van der Waals surface area contributed by atoms with Gasteiger partial charge >= 0.3 is 0 Å². The summed E-state index contributed by atoms with van der Waals surface area (Å²) >= 11 is 14.6. The zero-order valence-corrected chi connectivity index (χ0v) is 18.1. The van der Waals surface area contributed by atoms with Crippen molar-refractivity contribution in [2.75, 3.05) is 11.1 Å². The average molecular weight is 454 g/mol. The maximum absolute atomic E-state index is 12.8. The fourth-order valence-corrected chi connectivity index (χ4v) is 4.64. The molecule has 0 fully saturated rings. The van der Waals surface area contributed by atoms with Crippen molar-refractivity contribution in [1.82, 2.24) is 9.55 Å². The summed E-state index contributed by atoms with van der Waals surface area (Å²) in [6, 6.07) is 6.77. The van der Waals surface area contributed by atoms with E-state index in [0.717, 1.165) is 11.3 Å². The van der Waals surface area contributed by atoms with Gasteiger partial charge in [-0.05, 0) is 30.7 Å². The number of nitrogens with zero attached hydrogens (tertiary/aromatic N) is 2. The van der Waals surface area contributed by atoms with Crippen LogP contribution in [0.15, 0.2) is 46.9 Å². The minimum Gasteiger partial charge on any atom is -0.325 e. The van der Waals surface area contributed by atoms with Crippen molar-refractivity contribution in [3.63, 3.8) is 0 Å². The van der Waals surface area contributed by atoms with Crippen LogP contribution < -0.4 is 10.9 Å². The highest BCUT2D eigenvalue weighted by molar-refractivity contribution is 7.99. The predicted octanol–water partition coefficient (Wildman–Crippen LogP) is 5.24. The summed E-state index contributed by atoms with van der Waals surface area (Å²) in [6.07, 6.45) is 2.48. The third-order valence-corrected chi connectivity index (χ3v) is 6.75. The lowest BCUT2D eigenvalue weighted by Crippen LogP contribution is -2.23. The number of amides is 1. The summed E-state index contributed by atoms with van der Waals surface area (Å²) in [6.45, 7) is 6.08. The van der Waals surface area contributed by atoms with E-state index >= 15 is 0 Å². The molecular weight excluding hydrogens is 437 g/mol. The molecule has 28 heavy (non-hydrogen) atoms. The highest BCUT2D eigenvalue weighted by Gasteiger charge is 2.15. The van der Waals surface area contributed by atoms with E-state index < -0.39 is 0 Å². The first-order chi connectivity index (χ1) is 13.4. The van der Waals surface area contributed by atoms with Crippen molar-refractivity contribution < 1.29 is 4.79 Å². The number of nitrogens with one attached hydrogen (secondary N) is 1. The van der Waals surface area contributed by atoms with E-state index in [0.29, 0.717) is 37.7 Å². The number of hydrogen-bond donors (Lipinski definition) is 1. The molecule has 3 rings (SSSR count). The van der Waals surface area contributed by atoms with Crippen LogP contribution in [0, 0.1) is 0 Å². The monoisotopic (exact) mass is 453 g/mol. The zero-order valence-electron chi connectivity index (χ0n) is 15.0. The standard InChI is InChI=1S/C19H17Cl2N3O2S2/c1-3-7-24-18(26)13-9-12(4-2)28-17(13)23-19(24)27-10-16(25)22-11-5-6-14(20)15(21)8-11/h3,5-6,8-9H,1,4,7,10H2,2H3,(H,22,25). The van der Waals surface area contributed by atoms with Gasteiger partial charge in [0.25, 0.3) is 5.56 Å². The highest BCUT2D eigenvalue weighted by Crippen LogP contribution is 2.27. The zero-order chi connectivity index (χ0) is 20.3. The van der Waals surface area contributed by atoms with Gasteiger partial charge in [-0.3, -0.25) is 14.2 Å². The lowest BCUT2D eigenvalue weighted by molar-refractivity contribution is -0.113. The van der Waals surface area contributed by atoms with E-state index in [9.17, 15) is 9.59 Å². The molecule has 1 N–H and O–H groups in total. The van der Waals surface area contributed by atoms with E-state index in [-0.39, 0.29) is 17.2 Å². The summed E-state index contributed by atoms with van der Waals surface area (Å²) in [5.41, 5.74) is 0.436. The second kappa shape index (κ2) is 9.13. The number of carbonyl (C=O) groups is 1. The molecule has 9 heteroatoms. The average Bonchev–Trinajstić information content (AvgIpc) is 3.09. The van der Waals surface area contributed by atoms with Gasteiger partial charge in [0.1, 0.15) is 4.83 Å². The number of halogens is 2. The number of benzene rings is 1. The smallest absolute Gasteiger partial charge is 0.263 e. The van der Waals surface area contributed by atoms with Gasteiger partial charge < -0.3 is 5.32 Å². The van der Waals surface area contributed by atoms with Crippen molar-refractivity contribution in [2.24, 2.45) is 0 Å². The molecule has 2 aromatic heterocycles. The molecule has 0 saturated heterocycles. The Morgan fingerprint density at radius 1 is 1.36 bits per heavy atom. The highest BCUT2D eigenvalue weighted by atomic mass is 35.5. The molecule has 0 bridgehead atoms. The third kappa shape index (κ3) is 4.60. The second-order valence-electron chi connectivity index (χ2n) is 5.85. The molecule has 0 unspecified atom stereocenters. The molecule has 0 aliphatic rings. The topological polar surface area (TPSA) is 64.0 Å². The number of rotatable bonds is 7. The maximum Gasteiger partial charge on any atom is 0.263 e. The van der Waals surface area contributed by atoms with Gasteiger partial charge in [0.15, 0.2) is 5.16 Å². The molecule has 0 aliphatic heterocycles. The van der Waals surface area contributed by atoms with E-state index in [2.05, 4.69) is 16.9 Å². The van der Waals surface area contributed by atoms with Crippen molar-refractivity contribution in [3.05, 3.63) is 62.2 Å². The largest absolute Gasteiger partial charge is 0.325 e. The summed E-state index contributed by atoms with van der Waals surface area (Å²) in [4.78, 5) is 31.5. The van der Waals surface area contributed by atoms with Crippen LogP contribution >= 0.6 is 46.3 Å². The molecule has 1 aromatic carbocycles. The fourth-order valence-electron chi connectivity index (χ4n) is 2.52. The predicted molar refractivity (Wildman–Crippen MR) is 119 cm³/mol. The number of anilines is 1. The molecule has 2 heterocycles. The molecule has 0 saturated carbocycles. The molecule has 0 radical (unpaired) electrons. The number of allylic oxidation sites excluding steroid dienone is 1. The van der Waals surface area contributed by atoms with Crippen LogP contribution in [0.1, 0.15) is 11.8 Å². The Hall–Kier alpha value is -1.80. The van der Waals surface area contributed by atoms with Gasteiger partial charge in [-0.2, -0.15) is 0 Å². The molecule has 0 spiro atoms. The number of carbonyl (C=O) groups excluding carboxylic acids is 1. The number of thiophene rings is 1. The van der Waals surface area contributed by atoms with E-state index in [1.54, 1.807) is 28.8 Å². The molecule has 146 valence electrons. The molecular formula is C19H17Cl2N3O2S2.